The minimum absolute atomic E-state index is 0.0137. The van der Waals surface area contributed by atoms with Gasteiger partial charge in [0.15, 0.2) is 5.65 Å². The van der Waals surface area contributed by atoms with Gasteiger partial charge in [0, 0.05) is 14.1 Å². The van der Waals surface area contributed by atoms with Crippen LogP contribution in [0.15, 0.2) is 18.5 Å². The van der Waals surface area contributed by atoms with Crippen molar-refractivity contribution in [1.29, 1.82) is 0 Å². The number of rotatable bonds is 3. The first-order valence-electron chi connectivity index (χ1n) is 5.32. The summed E-state index contributed by atoms with van der Waals surface area (Å²) in [6, 6.07) is 3.87. The van der Waals surface area contributed by atoms with Gasteiger partial charge in [0.05, 0.1) is 6.54 Å². The molecule has 2 aromatic heterocycles. The molecule has 0 saturated heterocycles. The summed E-state index contributed by atoms with van der Waals surface area (Å²) in [6.07, 6.45) is 1.49. The third kappa shape index (κ3) is 2.35. The van der Waals surface area contributed by atoms with Gasteiger partial charge in [0.25, 0.3) is 0 Å². The summed E-state index contributed by atoms with van der Waals surface area (Å²) in [5, 5.41) is 7.17. The van der Waals surface area contributed by atoms with Gasteiger partial charge in [-0.1, -0.05) is 0 Å². The van der Waals surface area contributed by atoms with Crippen LogP contribution in [0.2, 0.25) is 0 Å². The molecule has 0 saturated carbocycles. The molecule has 0 bridgehead atoms. The highest BCUT2D eigenvalue weighted by Crippen LogP contribution is 2.12. The van der Waals surface area contributed by atoms with Gasteiger partial charge in [-0.3, -0.25) is 4.79 Å². The minimum atomic E-state index is 0.0137. The number of likely N-dealkylation sites (N-methyl/N-ethyl adjacent to an activating group) is 1. The zero-order valence-electron chi connectivity index (χ0n) is 10.1. The number of carbonyl (C=O) groups excluding carboxylic acids is 1. The van der Waals surface area contributed by atoms with Crippen LogP contribution in [0.5, 0.6) is 0 Å². The highest BCUT2D eigenvalue weighted by Gasteiger charge is 2.07. The molecule has 0 spiro atoms. The number of hydrogen-bond acceptors (Lipinski definition) is 4. The van der Waals surface area contributed by atoms with E-state index in [1.165, 1.54) is 6.33 Å². The lowest BCUT2D eigenvalue weighted by atomic mass is 10.3. The van der Waals surface area contributed by atoms with Crippen LogP contribution in [0.1, 0.15) is 5.56 Å². The highest BCUT2D eigenvalue weighted by atomic mass is 16.2. The zero-order valence-corrected chi connectivity index (χ0v) is 10.1. The first-order chi connectivity index (χ1) is 8.08. The molecule has 0 aliphatic heterocycles. The van der Waals surface area contributed by atoms with Gasteiger partial charge in [-0.25, -0.2) is 4.98 Å². The molecule has 0 aliphatic rings. The first kappa shape index (κ1) is 11.4. The van der Waals surface area contributed by atoms with E-state index in [0.717, 1.165) is 17.0 Å². The Bertz CT molecular complexity index is 546. The quantitative estimate of drug-likeness (QED) is 0.840. The lowest BCUT2D eigenvalue weighted by Crippen LogP contribution is -2.29. The van der Waals surface area contributed by atoms with Crippen molar-refractivity contribution in [1.82, 2.24) is 19.5 Å². The molecule has 0 fully saturated rings. The molecule has 2 aromatic rings. The number of aromatic nitrogens is 3. The Hall–Kier alpha value is -2.11. The summed E-state index contributed by atoms with van der Waals surface area (Å²) in [6.45, 7) is 2.22. The molecule has 1 N–H and O–H groups in total. The summed E-state index contributed by atoms with van der Waals surface area (Å²) in [5.41, 5.74) is 1.84. The van der Waals surface area contributed by atoms with Gasteiger partial charge in [-0.15, -0.1) is 0 Å². The highest BCUT2D eigenvalue weighted by molar-refractivity contribution is 5.80. The molecule has 1 amide bonds. The Balaban J connectivity index is 2.23. The fourth-order valence-electron chi connectivity index (χ4n) is 1.51. The van der Waals surface area contributed by atoms with Gasteiger partial charge < -0.3 is 10.2 Å². The summed E-state index contributed by atoms with van der Waals surface area (Å²) in [4.78, 5) is 17.2. The van der Waals surface area contributed by atoms with E-state index >= 15 is 0 Å². The molecule has 2 heterocycles. The van der Waals surface area contributed by atoms with Crippen LogP contribution in [-0.4, -0.2) is 46.0 Å². The second-order valence-corrected chi connectivity index (χ2v) is 4.09. The zero-order chi connectivity index (χ0) is 12.4. The van der Waals surface area contributed by atoms with Gasteiger partial charge >= 0.3 is 0 Å². The Labute approximate surface area is 99.3 Å². The van der Waals surface area contributed by atoms with Crippen molar-refractivity contribution in [3.8, 4) is 0 Å². The third-order valence-corrected chi connectivity index (χ3v) is 2.44. The molecule has 0 radical (unpaired) electrons. The van der Waals surface area contributed by atoms with Crippen LogP contribution in [0, 0.1) is 6.92 Å². The maximum atomic E-state index is 11.5. The normalized spacial score (nSPS) is 10.5. The fourth-order valence-corrected chi connectivity index (χ4v) is 1.51. The standard InChI is InChI=1S/C11H15N5O/c1-8-4-9(12-6-11(17)15(2)3)16-10(5-8)13-7-14-16/h4-5,7,12H,6H2,1-3H3. The molecule has 0 aliphatic carbocycles. The van der Waals surface area contributed by atoms with Gasteiger partial charge in [0.1, 0.15) is 12.1 Å². The van der Waals surface area contributed by atoms with Crippen LogP contribution >= 0.6 is 0 Å². The minimum Gasteiger partial charge on any atom is -0.361 e. The molecular weight excluding hydrogens is 218 g/mol. The van der Waals surface area contributed by atoms with Crippen molar-refractivity contribution in [3.05, 3.63) is 24.0 Å². The molecule has 90 valence electrons. The van der Waals surface area contributed by atoms with Crippen LogP contribution < -0.4 is 5.32 Å². The van der Waals surface area contributed by atoms with E-state index in [1.54, 1.807) is 23.5 Å². The molecule has 2 rings (SSSR count). The molecule has 0 unspecified atom stereocenters. The molecule has 0 aromatic carbocycles. The average molecular weight is 233 g/mol. The predicted molar refractivity (Wildman–Crippen MR) is 64.9 cm³/mol. The van der Waals surface area contributed by atoms with Crippen LogP contribution in [0.4, 0.5) is 5.82 Å². The Morgan fingerprint density at radius 1 is 1.47 bits per heavy atom. The summed E-state index contributed by atoms with van der Waals surface area (Å²) >= 11 is 0. The van der Waals surface area contributed by atoms with Crippen molar-refractivity contribution in [2.24, 2.45) is 0 Å². The summed E-state index contributed by atoms with van der Waals surface area (Å²) in [5.74, 6) is 0.785. The molecule has 6 heteroatoms. The molecule has 6 nitrogen and oxygen atoms in total. The first-order valence-corrected chi connectivity index (χ1v) is 5.32. The number of amides is 1. The van der Waals surface area contributed by atoms with E-state index in [2.05, 4.69) is 15.4 Å². The topological polar surface area (TPSA) is 62.5 Å². The molecule has 17 heavy (non-hydrogen) atoms. The average Bonchev–Trinajstić information content (AvgIpc) is 2.72. The lowest BCUT2D eigenvalue weighted by molar-refractivity contribution is -0.126. The largest absolute Gasteiger partial charge is 0.361 e. The molecular formula is C11H15N5O. The Morgan fingerprint density at radius 2 is 2.24 bits per heavy atom. The van der Waals surface area contributed by atoms with Gasteiger partial charge in [0.2, 0.25) is 5.91 Å². The van der Waals surface area contributed by atoms with E-state index in [4.69, 9.17) is 0 Å². The summed E-state index contributed by atoms with van der Waals surface area (Å²) in [7, 11) is 3.45. The van der Waals surface area contributed by atoms with E-state index < -0.39 is 0 Å². The third-order valence-electron chi connectivity index (χ3n) is 2.44. The SMILES string of the molecule is Cc1cc(NCC(=O)N(C)C)n2ncnc2c1. The number of hydrogen-bond donors (Lipinski definition) is 1. The number of fused-ring (bicyclic) bond motifs is 1. The number of aryl methyl sites for hydroxylation is 1. The fraction of sp³-hybridized carbons (Fsp3) is 0.364. The van der Waals surface area contributed by atoms with Crippen molar-refractivity contribution in [2.75, 3.05) is 26.0 Å². The Kier molecular flexibility index (Phi) is 2.95. The number of nitrogens with one attached hydrogen (secondary N) is 1. The smallest absolute Gasteiger partial charge is 0.241 e. The summed E-state index contributed by atoms with van der Waals surface area (Å²) < 4.78 is 1.68. The van der Waals surface area contributed by atoms with Crippen molar-refractivity contribution >= 4 is 17.4 Å². The van der Waals surface area contributed by atoms with Gasteiger partial charge in [-0.2, -0.15) is 9.61 Å². The number of anilines is 1. The monoisotopic (exact) mass is 233 g/mol. The van der Waals surface area contributed by atoms with Gasteiger partial charge in [-0.05, 0) is 24.6 Å². The van der Waals surface area contributed by atoms with E-state index in [0.29, 0.717) is 0 Å². The van der Waals surface area contributed by atoms with Crippen molar-refractivity contribution < 1.29 is 4.79 Å². The molecule has 0 atom stereocenters. The second-order valence-electron chi connectivity index (χ2n) is 4.09. The van der Waals surface area contributed by atoms with Crippen LogP contribution in [0.25, 0.3) is 5.65 Å². The predicted octanol–water partition coefficient (Wildman–Crippen LogP) is 0.538. The maximum absolute atomic E-state index is 11.5. The maximum Gasteiger partial charge on any atom is 0.241 e. The Morgan fingerprint density at radius 3 is 2.94 bits per heavy atom. The van der Waals surface area contributed by atoms with Crippen LogP contribution in [-0.2, 0) is 4.79 Å². The van der Waals surface area contributed by atoms with E-state index in [1.807, 2.05) is 19.1 Å². The van der Waals surface area contributed by atoms with Crippen molar-refractivity contribution in [3.63, 3.8) is 0 Å². The van der Waals surface area contributed by atoms with Crippen LogP contribution in [0.3, 0.4) is 0 Å². The lowest BCUT2D eigenvalue weighted by Gasteiger charge is -2.12. The van der Waals surface area contributed by atoms with E-state index in [9.17, 15) is 4.79 Å². The second kappa shape index (κ2) is 4.40. The van der Waals surface area contributed by atoms with Crippen molar-refractivity contribution in [2.45, 2.75) is 6.92 Å². The number of pyridine rings is 1. The van der Waals surface area contributed by atoms with E-state index in [-0.39, 0.29) is 12.5 Å². The number of nitrogens with zero attached hydrogens (tertiary/aromatic N) is 4. The number of carbonyl (C=O) groups is 1.